The molecule has 1 aromatic rings. The summed E-state index contributed by atoms with van der Waals surface area (Å²) >= 11 is 1.22. The molecule has 0 bridgehead atoms. The minimum absolute atomic E-state index is 0.221. The molecule has 0 radical (unpaired) electrons. The SMILES string of the molecule is COC(=O)c1nc(C(F)F)cc(C(F)(F)F)c1I. The number of rotatable bonds is 2. The molecule has 1 rings (SSSR count). The zero-order chi connectivity index (χ0) is 14.1. The fourth-order valence-electron chi connectivity index (χ4n) is 1.10. The summed E-state index contributed by atoms with van der Waals surface area (Å²) < 4.78 is 66.3. The Morgan fingerprint density at radius 3 is 2.39 bits per heavy atom. The molecule has 9 heteroatoms. The topological polar surface area (TPSA) is 39.2 Å². The molecular formula is C9H5F5INO2. The first-order chi connectivity index (χ1) is 8.18. The molecule has 0 saturated heterocycles. The molecule has 1 heterocycles. The van der Waals surface area contributed by atoms with Gasteiger partial charge in [-0.1, -0.05) is 0 Å². The van der Waals surface area contributed by atoms with E-state index < -0.39 is 39.1 Å². The largest absolute Gasteiger partial charge is 0.464 e. The third kappa shape index (κ3) is 3.06. The summed E-state index contributed by atoms with van der Waals surface area (Å²) in [4.78, 5) is 14.4. The summed E-state index contributed by atoms with van der Waals surface area (Å²) in [5.41, 5.74) is -3.24. The molecule has 0 fully saturated rings. The van der Waals surface area contributed by atoms with Crippen LogP contribution in [0.15, 0.2) is 6.07 Å². The highest BCUT2D eigenvalue weighted by Crippen LogP contribution is 2.36. The molecule has 18 heavy (non-hydrogen) atoms. The van der Waals surface area contributed by atoms with E-state index in [1.807, 2.05) is 0 Å². The van der Waals surface area contributed by atoms with Gasteiger partial charge in [0.1, 0.15) is 5.69 Å². The van der Waals surface area contributed by atoms with Crippen molar-refractivity contribution in [2.24, 2.45) is 0 Å². The van der Waals surface area contributed by atoms with Crippen molar-refractivity contribution in [3.8, 4) is 0 Å². The number of aromatic nitrogens is 1. The zero-order valence-electron chi connectivity index (χ0n) is 8.69. The van der Waals surface area contributed by atoms with E-state index in [0.717, 1.165) is 7.11 Å². The second kappa shape index (κ2) is 5.33. The number of nitrogens with zero attached hydrogens (tertiary/aromatic N) is 1. The van der Waals surface area contributed by atoms with Crippen LogP contribution in [-0.2, 0) is 10.9 Å². The number of hydrogen-bond acceptors (Lipinski definition) is 3. The standard InChI is InChI=1S/C9H5F5INO2/c1-18-8(17)6-5(15)3(9(12,13)14)2-4(16-6)7(10)11/h2,7H,1H3. The number of hydrogen-bond donors (Lipinski definition) is 0. The summed E-state index contributed by atoms with van der Waals surface area (Å²) in [5.74, 6) is -1.20. The van der Waals surface area contributed by atoms with Crippen LogP contribution in [0, 0.1) is 3.57 Å². The smallest absolute Gasteiger partial charge is 0.417 e. The van der Waals surface area contributed by atoms with Crippen molar-refractivity contribution >= 4 is 28.6 Å². The van der Waals surface area contributed by atoms with E-state index in [9.17, 15) is 26.7 Å². The van der Waals surface area contributed by atoms with Gasteiger partial charge in [0.15, 0.2) is 5.69 Å². The van der Waals surface area contributed by atoms with E-state index in [1.54, 1.807) is 0 Å². The van der Waals surface area contributed by atoms with E-state index in [2.05, 4.69) is 9.72 Å². The summed E-state index contributed by atoms with van der Waals surface area (Å²) in [6.07, 6.45) is -8.07. The molecule has 0 aliphatic carbocycles. The lowest BCUT2D eigenvalue weighted by atomic mass is 10.2. The number of ether oxygens (including phenoxy) is 1. The van der Waals surface area contributed by atoms with Crippen LogP contribution in [0.2, 0.25) is 0 Å². The summed E-state index contributed by atoms with van der Waals surface area (Å²) in [7, 11) is 0.919. The van der Waals surface area contributed by atoms with E-state index in [-0.39, 0.29) is 6.07 Å². The van der Waals surface area contributed by atoms with Crippen molar-refractivity contribution in [1.29, 1.82) is 0 Å². The Labute approximate surface area is 111 Å². The Hall–Kier alpha value is -1.00. The third-order valence-electron chi connectivity index (χ3n) is 1.89. The van der Waals surface area contributed by atoms with Crippen molar-refractivity contribution in [2.45, 2.75) is 12.6 Å². The maximum atomic E-state index is 12.6. The number of halogens is 6. The fourth-order valence-corrected chi connectivity index (χ4v) is 1.90. The lowest BCUT2D eigenvalue weighted by Crippen LogP contribution is -2.16. The van der Waals surface area contributed by atoms with Crippen molar-refractivity contribution in [3.63, 3.8) is 0 Å². The molecule has 0 N–H and O–H groups in total. The van der Waals surface area contributed by atoms with Gasteiger partial charge in [-0.05, 0) is 28.7 Å². The zero-order valence-corrected chi connectivity index (χ0v) is 10.8. The number of carbonyl (C=O) groups is 1. The van der Waals surface area contributed by atoms with Crippen LogP contribution in [-0.4, -0.2) is 18.1 Å². The number of esters is 1. The van der Waals surface area contributed by atoms with Crippen LogP contribution >= 0.6 is 22.6 Å². The number of pyridine rings is 1. The minimum Gasteiger partial charge on any atom is -0.464 e. The molecule has 1 aromatic heterocycles. The van der Waals surface area contributed by atoms with Gasteiger partial charge in [-0.15, -0.1) is 0 Å². The predicted octanol–water partition coefficient (Wildman–Crippen LogP) is 3.43. The summed E-state index contributed by atoms with van der Waals surface area (Å²) in [6, 6.07) is 0.221. The maximum absolute atomic E-state index is 12.6. The van der Waals surface area contributed by atoms with Crippen LogP contribution < -0.4 is 0 Å². The van der Waals surface area contributed by atoms with Gasteiger partial charge in [0, 0.05) is 0 Å². The van der Waals surface area contributed by atoms with Crippen molar-refractivity contribution in [1.82, 2.24) is 4.98 Å². The molecule has 0 unspecified atom stereocenters. The highest BCUT2D eigenvalue weighted by atomic mass is 127. The first kappa shape index (κ1) is 15.1. The molecule has 0 saturated carbocycles. The van der Waals surface area contributed by atoms with Gasteiger partial charge in [-0.3, -0.25) is 0 Å². The Bertz CT molecular complexity index is 475. The monoisotopic (exact) mass is 381 g/mol. The third-order valence-corrected chi connectivity index (χ3v) is 2.98. The van der Waals surface area contributed by atoms with Gasteiger partial charge in [-0.25, -0.2) is 18.6 Å². The maximum Gasteiger partial charge on any atom is 0.417 e. The molecule has 0 aromatic carbocycles. The lowest BCUT2D eigenvalue weighted by molar-refractivity contribution is -0.138. The Balaban J connectivity index is 3.53. The number of carbonyl (C=O) groups excluding carboxylic acids is 1. The van der Waals surface area contributed by atoms with Crippen LogP contribution in [0.4, 0.5) is 22.0 Å². The molecule has 0 aliphatic rings. The average Bonchev–Trinajstić information content (AvgIpc) is 2.26. The molecule has 0 aliphatic heterocycles. The highest BCUT2D eigenvalue weighted by Gasteiger charge is 2.37. The fraction of sp³-hybridized carbons (Fsp3) is 0.333. The van der Waals surface area contributed by atoms with Gasteiger partial charge >= 0.3 is 12.1 Å². The minimum atomic E-state index is -4.86. The van der Waals surface area contributed by atoms with Gasteiger partial charge in [0.05, 0.1) is 16.2 Å². The Kier molecular flexibility index (Phi) is 4.46. The van der Waals surface area contributed by atoms with Crippen molar-refractivity contribution < 1.29 is 31.5 Å². The predicted molar refractivity (Wildman–Crippen MR) is 58.3 cm³/mol. The van der Waals surface area contributed by atoms with Crippen LogP contribution in [0.3, 0.4) is 0 Å². The normalized spacial score (nSPS) is 11.8. The van der Waals surface area contributed by atoms with E-state index in [0.29, 0.717) is 0 Å². The molecule has 100 valence electrons. The number of methoxy groups -OCH3 is 1. The first-order valence-corrected chi connectivity index (χ1v) is 5.40. The van der Waals surface area contributed by atoms with Crippen molar-refractivity contribution in [2.75, 3.05) is 7.11 Å². The second-order valence-corrected chi connectivity index (χ2v) is 4.13. The van der Waals surface area contributed by atoms with Gasteiger partial charge in [-0.2, -0.15) is 13.2 Å². The Morgan fingerprint density at radius 1 is 1.44 bits per heavy atom. The quantitative estimate of drug-likeness (QED) is 0.448. The summed E-state index contributed by atoms with van der Waals surface area (Å²) in [6.45, 7) is 0. The van der Waals surface area contributed by atoms with Crippen molar-refractivity contribution in [3.05, 3.63) is 26.6 Å². The van der Waals surface area contributed by atoms with Crippen LogP contribution in [0.1, 0.15) is 28.2 Å². The molecular weight excluding hydrogens is 376 g/mol. The summed E-state index contributed by atoms with van der Waals surface area (Å²) in [5, 5.41) is 0. The van der Waals surface area contributed by atoms with E-state index in [4.69, 9.17) is 0 Å². The average molecular weight is 381 g/mol. The van der Waals surface area contributed by atoms with Gasteiger partial charge < -0.3 is 4.74 Å². The van der Waals surface area contributed by atoms with Gasteiger partial charge in [0.2, 0.25) is 0 Å². The molecule has 3 nitrogen and oxygen atoms in total. The highest BCUT2D eigenvalue weighted by molar-refractivity contribution is 14.1. The number of alkyl halides is 5. The first-order valence-electron chi connectivity index (χ1n) is 4.32. The van der Waals surface area contributed by atoms with E-state index in [1.165, 1.54) is 22.6 Å². The molecule has 0 spiro atoms. The van der Waals surface area contributed by atoms with Crippen LogP contribution in [0.25, 0.3) is 0 Å². The molecule has 0 atom stereocenters. The lowest BCUT2D eigenvalue weighted by Gasteiger charge is -2.13. The second-order valence-electron chi connectivity index (χ2n) is 3.05. The molecule has 0 amide bonds. The van der Waals surface area contributed by atoms with E-state index >= 15 is 0 Å². The Morgan fingerprint density at radius 2 is 2.00 bits per heavy atom. The van der Waals surface area contributed by atoms with Gasteiger partial charge in [0.25, 0.3) is 6.43 Å². The van der Waals surface area contributed by atoms with Crippen LogP contribution in [0.5, 0.6) is 0 Å².